The van der Waals surface area contributed by atoms with Crippen LogP contribution in [-0.2, 0) is 35.2 Å². The minimum atomic E-state index is -0.356. The highest BCUT2D eigenvalue weighted by molar-refractivity contribution is 5.77. The Morgan fingerprint density at radius 2 is 1.42 bits per heavy atom. The topological polar surface area (TPSA) is 105 Å². The van der Waals surface area contributed by atoms with Gasteiger partial charge in [-0.1, -0.05) is 6.07 Å². The Bertz CT molecular complexity index is 594. The molecule has 0 unspecified atom stereocenters. The Balaban J connectivity index is 0.000000488. The highest BCUT2D eigenvalue weighted by atomic mass is 16.5. The van der Waals surface area contributed by atoms with Crippen molar-refractivity contribution in [1.82, 2.24) is 0 Å². The van der Waals surface area contributed by atoms with E-state index in [4.69, 9.17) is 10.5 Å². The molecule has 2 N–H and O–H groups in total. The van der Waals surface area contributed by atoms with Crippen LogP contribution in [0.15, 0.2) is 12.1 Å². The van der Waals surface area contributed by atoms with Gasteiger partial charge in [0.15, 0.2) is 0 Å². The van der Waals surface area contributed by atoms with E-state index in [1.165, 1.54) is 6.92 Å². The Labute approximate surface area is 154 Å². The number of rotatable bonds is 7. The molecule has 7 heteroatoms. The van der Waals surface area contributed by atoms with E-state index in [2.05, 4.69) is 9.47 Å². The first-order valence-electron chi connectivity index (χ1n) is 8.52. The maximum atomic E-state index is 10.7. The predicted octanol–water partition coefficient (Wildman–Crippen LogP) is 2.84. The number of ether oxygens (including phenoxy) is 3. The summed E-state index contributed by atoms with van der Waals surface area (Å²) in [6, 6.07) is 3.79. The lowest BCUT2D eigenvalue weighted by atomic mass is 10.0. The molecule has 1 aromatic rings. The zero-order valence-corrected chi connectivity index (χ0v) is 16.2. The summed E-state index contributed by atoms with van der Waals surface area (Å²) in [6.45, 7) is 9.76. The Kier molecular flexibility index (Phi) is 11.5. The lowest BCUT2D eigenvalue weighted by molar-refractivity contribution is -0.149. The van der Waals surface area contributed by atoms with Crippen molar-refractivity contribution in [2.45, 2.75) is 54.1 Å². The van der Waals surface area contributed by atoms with Crippen LogP contribution in [0.5, 0.6) is 0 Å². The summed E-state index contributed by atoms with van der Waals surface area (Å²) in [5.41, 5.74) is 9.58. The third-order valence-electron chi connectivity index (χ3n) is 3.44. The summed E-state index contributed by atoms with van der Waals surface area (Å²) in [4.78, 5) is 32.1. The largest absolute Gasteiger partial charge is 0.466 e. The van der Waals surface area contributed by atoms with E-state index in [1.807, 2.05) is 26.0 Å². The van der Waals surface area contributed by atoms with Gasteiger partial charge in [-0.05, 0) is 50.5 Å². The van der Waals surface area contributed by atoms with Crippen LogP contribution in [0.2, 0.25) is 0 Å². The minimum Gasteiger partial charge on any atom is -0.466 e. The fraction of sp³-hybridized carbons (Fsp3) is 0.526. The molecule has 0 spiro atoms. The molecule has 0 aliphatic carbocycles. The number of hydrogen-bond donors (Lipinski definition) is 1. The van der Waals surface area contributed by atoms with Crippen molar-refractivity contribution in [1.29, 1.82) is 0 Å². The van der Waals surface area contributed by atoms with Crippen LogP contribution in [0.4, 0.5) is 5.69 Å². The smallest absolute Gasteiger partial charge is 0.306 e. The van der Waals surface area contributed by atoms with E-state index >= 15 is 0 Å². The first-order valence-corrected chi connectivity index (χ1v) is 8.52. The molecule has 0 amide bonds. The van der Waals surface area contributed by atoms with Crippen molar-refractivity contribution >= 4 is 23.6 Å². The number of esters is 3. The zero-order valence-electron chi connectivity index (χ0n) is 16.2. The molecule has 0 heterocycles. The van der Waals surface area contributed by atoms with E-state index in [0.29, 0.717) is 19.8 Å². The molecular formula is C19H29NO6. The molecule has 0 atom stereocenters. The molecular weight excluding hydrogens is 338 g/mol. The second kappa shape index (κ2) is 12.7. The molecule has 0 saturated carbocycles. The van der Waals surface area contributed by atoms with Crippen LogP contribution < -0.4 is 5.73 Å². The van der Waals surface area contributed by atoms with Crippen LogP contribution in [0.3, 0.4) is 0 Å². The van der Waals surface area contributed by atoms with Gasteiger partial charge < -0.3 is 19.9 Å². The van der Waals surface area contributed by atoms with E-state index < -0.39 is 0 Å². The maximum Gasteiger partial charge on any atom is 0.306 e. The van der Waals surface area contributed by atoms with Crippen LogP contribution in [0.1, 0.15) is 50.3 Å². The first kappa shape index (κ1) is 23.4. The summed E-state index contributed by atoms with van der Waals surface area (Å²) < 4.78 is 14.2. The van der Waals surface area contributed by atoms with Crippen molar-refractivity contribution < 1.29 is 28.6 Å². The van der Waals surface area contributed by atoms with E-state index in [-0.39, 0.29) is 30.7 Å². The third-order valence-corrected chi connectivity index (χ3v) is 3.44. The number of carbonyl (C=O) groups is 3. The van der Waals surface area contributed by atoms with Gasteiger partial charge in [-0.15, -0.1) is 0 Å². The first-order chi connectivity index (χ1) is 12.2. The monoisotopic (exact) mass is 367 g/mol. The number of hydrogen-bond acceptors (Lipinski definition) is 7. The van der Waals surface area contributed by atoms with Gasteiger partial charge in [0.05, 0.1) is 26.1 Å². The van der Waals surface area contributed by atoms with Gasteiger partial charge in [0.1, 0.15) is 6.61 Å². The molecule has 0 aliphatic heterocycles. The number of benzene rings is 1. The Morgan fingerprint density at radius 1 is 0.923 bits per heavy atom. The standard InChI is InChI=1S/C11H15NO2.C8H14O4/c1-7-4-5-11(12)8(2)10(7)6-14-9(3)13;1-3-11-7(9)5-6-8(10)12-4-2/h4-5H,6,12H2,1-3H3;3-6H2,1-2H3. The van der Waals surface area contributed by atoms with Crippen molar-refractivity contribution in [3.05, 3.63) is 28.8 Å². The van der Waals surface area contributed by atoms with Gasteiger partial charge in [-0.2, -0.15) is 0 Å². The van der Waals surface area contributed by atoms with Crippen LogP contribution in [0.25, 0.3) is 0 Å². The van der Waals surface area contributed by atoms with Crippen LogP contribution >= 0.6 is 0 Å². The second-order valence-corrected chi connectivity index (χ2v) is 5.47. The molecule has 0 saturated heterocycles. The van der Waals surface area contributed by atoms with Gasteiger partial charge in [0.2, 0.25) is 0 Å². The molecule has 1 rings (SSSR count). The normalized spacial score (nSPS) is 9.58. The number of nitrogens with two attached hydrogens (primary N) is 1. The lowest BCUT2D eigenvalue weighted by Crippen LogP contribution is -2.09. The van der Waals surface area contributed by atoms with Gasteiger partial charge in [-0.3, -0.25) is 14.4 Å². The van der Waals surface area contributed by atoms with Crippen molar-refractivity contribution in [2.24, 2.45) is 0 Å². The molecule has 0 aliphatic rings. The molecule has 146 valence electrons. The molecule has 0 fully saturated rings. The highest BCUT2D eigenvalue weighted by Gasteiger charge is 2.07. The zero-order chi connectivity index (χ0) is 20.1. The van der Waals surface area contributed by atoms with Crippen molar-refractivity contribution in [2.75, 3.05) is 18.9 Å². The number of aryl methyl sites for hydroxylation is 1. The number of carbonyl (C=O) groups excluding carboxylic acids is 3. The summed E-state index contributed by atoms with van der Waals surface area (Å²) in [7, 11) is 0. The Hall–Kier alpha value is -2.57. The van der Waals surface area contributed by atoms with E-state index in [0.717, 1.165) is 22.4 Å². The Morgan fingerprint density at radius 3 is 1.85 bits per heavy atom. The maximum absolute atomic E-state index is 10.7. The molecule has 1 aromatic carbocycles. The van der Waals surface area contributed by atoms with E-state index in [9.17, 15) is 14.4 Å². The van der Waals surface area contributed by atoms with Gasteiger partial charge >= 0.3 is 17.9 Å². The number of anilines is 1. The SMILES string of the molecule is CC(=O)OCc1c(C)ccc(N)c1C.CCOC(=O)CCC(=O)OCC. The van der Waals surface area contributed by atoms with Crippen LogP contribution in [-0.4, -0.2) is 31.1 Å². The average Bonchev–Trinajstić information content (AvgIpc) is 2.57. The summed E-state index contributed by atoms with van der Waals surface area (Å²) in [5.74, 6) is -0.984. The lowest BCUT2D eigenvalue weighted by Gasteiger charge is -2.11. The van der Waals surface area contributed by atoms with Gasteiger partial charge in [0.25, 0.3) is 0 Å². The van der Waals surface area contributed by atoms with Gasteiger partial charge in [0, 0.05) is 12.6 Å². The average molecular weight is 367 g/mol. The molecule has 26 heavy (non-hydrogen) atoms. The number of nitrogen functional groups attached to an aromatic ring is 1. The van der Waals surface area contributed by atoms with Crippen molar-refractivity contribution in [3.8, 4) is 0 Å². The molecule has 0 aromatic heterocycles. The second-order valence-electron chi connectivity index (χ2n) is 5.47. The molecule has 0 radical (unpaired) electrons. The van der Waals surface area contributed by atoms with Crippen molar-refractivity contribution in [3.63, 3.8) is 0 Å². The quantitative estimate of drug-likeness (QED) is 0.449. The fourth-order valence-corrected chi connectivity index (χ4v) is 1.98. The van der Waals surface area contributed by atoms with Gasteiger partial charge in [-0.25, -0.2) is 0 Å². The van der Waals surface area contributed by atoms with E-state index in [1.54, 1.807) is 13.8 Å². The molecule has 0 bridgehead atoms. The molecule has 7 nitrogen and oxygen atoms in total. The summed E-state index contributed by atoms with van der Waals surface area (Å²) in [6.07, 6.45) is 0.208. The third kappa shape index (κ3) is 9.66. The highest BCUT2D eigenvalue weighted by Crippen LogP contribution is 2.20. The fourth-order valence-electron chi connectivity index (χ4n) is 1.98. The minimum absolute atomic E-state index is 0.104. The predicted molar refractivity (Wildman–Crippen MR) is 98.3 cm³/mol. The summed E-state index contributed by atoms with van der Waals surface area (Å²) >= 11 is 0. The summed E-state index contributed by atoms with van der Waals surface area (Å²) in [5, 5.41) is 0. The van der Waals surface area contributed by atoms with Crippen LogP contribution in [0, 0.1) is 13.8 Å².